The summed E-state index contributed by atoms with van der Waals surface area (Å²) in [6.45, 7) is 6.84. The smallest absolute Gasteiger partial charge is 0.412 e. The predicted octanol–water partition coefficient (Wildman–Crippen LogP) is 3.25. The monoisotopic (exact) mass is 252 g/mol. The first-order chi connectivity index (χ1) is 8.20. The largest absolute Gasteiger partial charge is 0.444 e. The molecule has 0 radical (unpaired) electrons. The van der Waals surface area contributed by atoms with E-state index in [9.17, 15) is 14.9 Å². The normalized spacial score (nSPS) is 10.9. The SMILES string of the molecule is Cc1cccc([N+](=O)[O-])c1NC(=O)OC(C)(C)C. The van der Waals surface area contributed by atoms with Crippen LogP contribution in [0.2, 0.25) is 0 Å². The summed E-state index contributed by atoms with van der Waals surface area (Å²) in [4.78, 5) is 21.9. The molecule has 0 unspecified atom stereocenters. The summed E-state index contributed by atoms with van der Waals surface area (Å²) in [7, 11) is 0. The van der Waals surface area contributed by atoms with E-state index in [1.54, 1.807) is 39.8 Å². The van der Waals surface area contributed by atoms with Crippen molar-refractivity contribution >= 4 is 17.5 Å². The molecule has 0 bridgehead atoms. The van der Waals surface area contributed by atoms with E-state index in [2.05, 4.69) is 5.32 Å². The number of carbonyl (C=O) groups is 1. The van der Waals surface area contributed by atoms with E-state index in [1.807, 2.05) is 0 Å². The molecule has 1 aromatic carbocycles. The topological polar surface area (TPSA) is 81.5 Å². The number of anilines is 1. The lowest BCUT2D eigenvalue weighted by molar-refractivity contribution is -0.384. The Morgan fingerprint density at radius 2 is 2.00 bits per heavy atom. The van der Waals surface area contributed by atoms with Crippen molar-refractivity contribution in [1.29, 1.82) is 0 Å². The number of benzene rings is 1. The van der Waals surface area contributed by atoms with Crippen LogP contribution >= 0.6 is 0 Å². The Morgan fingerprint density at radius 1 is 1.39 bits per heavy atom. The van der Waals surface area contributed by atoms with Crippen LogP contribution in [0.1, 0.15) is 26.3 Å². The maximum Gasteiger partial charge on any atom is 0.412 e. The van der Waals surface area contributed by atoms with E-state index in [1.165, 1.54) is 6.07 Å². The Morgan fingerprint density at radius 3 is 2.50 bits per heavy atom. The van der Waals surface area contributed by atoms with Gasteiger partial charge in [-0.1, -0.05) is 12.1 Å². The van der Waals surface area contributed by atoms with Gasteiger partial charge in [0.15, 0.2) is 0 Å². The molecule has 1 N–H and O–H groups in total. The zero-order chi connectivity index (χ0) is 13.9. The average molecular weight is 252 g/mol. The molecule has 0 aromatic heterocycles. The first kappa shape index (κ1) is 14.0. The van der Waals surface area contributed by atoms with E-state index in [4.69, 9.17) is 4.74 Å². The first-order valence-electron chi connectivity index (χ1n) is 5.45. The second-order valence-corrected chi connectivity index (χ2v) is 4.85. The van der Waals surface area contributed by atoms with Crippen molar-refractivity contribution in [2.24, 2.45) is 0 Å². The van der Waals surface area contributed by atoms with E-state index in [0.29, 0.717) is 5.56 Å². The molecular formula is C12H16N2O4. The number of hydrogen-bond donors (Lipinski definition) is 1. The minimum Gasteiger partial charge on any atom is -0.444 e. The van der Waals surface area contributed by atoms with Crippen LogP contribution in [0.4, 0.5) is 16.2 Å². The Hall–Kier alpha value is -2.11. The van der Waals surface area contributed by atoms with Crippen LogP contribution in [-0.4, -0.2) is 16.6 Å². The Balaban J connectivity index is 2.97. The molecule has 0 spiro atoms. The van der Waals surface area contributed by atoms with Crippen LogP contribution in [0.15, 0.2) is 18.2 Å². The highest BCUT2D eigenvalue weighted by Crippen LogP contribution is 2.28. The van der Waals surface area contributed by atoms with E-state index < -0.39 is 16.6 Å². The van der Waals surface area contributed by atoms with Gasteiger partial charge in [-0.2, -0.15) is 0 Å². The number of carbonyl (C=O) groups excluding carboxylic acids is 1. The summed E-state index contributed by atoms with van der Waals surface area (Å²) < 4.78 is 5.06. The number of hydrogen-bond acceptors (Lipinski definition) is 4. The van der Waals surface area contributed by atoms with Gasteiger partial charge in [-0.15, -0.1) is 0 Å². The highest BCUT2D eigenvalue weighted by molar-refractivity contribution is 5.89. The predicted molar refractivity (Wildman–Crippen MR) is 67.7 cm³/mol. The van der Waals surface area contributed by atoms with Gasteiger partial charge in [-0.05, 0) is 33.3 Å². The van der Waals surface area contributed by atoms with Gasteiger partial charge in [0.05, 0.1) is 4.92 Å². The van der Waals surface area contributed by atoms with Crippen LogP contribution in [0, 0.1) is 17.0 Å². The molecule has 6 nitrogen and oxygen atoms in total. The van der Waals surface area contributed by atoms with Gasteiger partial charge in [0.2, 0.25) is 0 Å². The number of nitro benzene ring substituents is 1. The fourth-order valence-electron chi connectivity index (χ4n) is 1.37. The highest BCUT2D eigenvalue weighted by atomic mass is 16.6. The van der Waals surface area contributed by atoms with Gasteiger partial charge in [0.1, 0.15) is 11.3 Å². The second-order valence-electron chi connectivity index (χ2n) is 4.85. The lowest BCUT2D eigenvalue weighted by Crippen LogP contribution is -2.27. The summed E-state index contributed by atoms with van der Waals surface area (Å²) >= 11 is 0. The number of para-hydroxylation sites is 1. The molecule has 6 heteroatoms. The molecule has 0 fully saturated rings. The quantitative estimate of drug-likeness (QED) is 0.647. The molecule has 1 amide bonds. The third-order valence-electron chi connectivity index (χ3n) is 2.07. The van der Waals surface area contributed by atoms with Gasteiger partial charge in [0, 0.05) is 6.07 Å². The molecule has 0 aliphatic heterocycles. The van der Waals surface area contributed by atoms with Crippen molar-refractivity contribution in [2.75, 3.05) is 5.32 Å². The fraction of sp³-hybridized carbons (Fsp3) is 0.417. The fourth-order valence-corrected chi connectivity index (χ4v) is 1.37. The number of rotatable bonds is 2. The molecular weight excluding hydrogens is 236 g/mol. The molecule has 0 saturated carbocycles. The second kappa shape index (κ2) is 5.03. The van der Waals surface area contributed by atoms with Crippen molar-refractivity contribution in [1.82, 2.24) is 0 Å². The summed E-state index contributed by atoms with van der Waals surface area (Å²) in [5, 5.41) is 13.3. The number of nitrogens with zero attached hydrogens (tertiary/aromatic N) is 1. The van der Waals surface area contributed by atoms with Crippen LogP contribution in [0.25, 0.3) is 0 Å². The van der Waals surface area contributed by atoms with Crippen LogP contribution in [0.5, 0.6) is 0 Å². The van der Waals surface area contributed by atoms with Crippen LogP contribution in [0.3, 0.4) is 0 Å². The molecule has 98 valence electrons. The molecule has 1 rings (SSSR count). The Kier molecular flexibility index (Phi) is 3.90. The first-order valence-corrected chi connectivity index (χ1v) is 5.45. The van der Waals surface area contributed by atoms with E-state index in [-0.39, 0.29) is 11.4 Å². The number of ether oxygens (including phenoxy) is 1. The minimum atomic E-state index is -0.708. The van der Waals surface area contributed by atoms with Crippen LogP contribution < -0.4 is 5.32 Å². The van der Waals surface area contributed by atoms with E-state index >= 15 is 0 Å². The highest BCUT2D eigenvalue weighted by Gasteiger charge is 2.21. The molecule has 0 atom stereocenters. The van der Waals surface area contributed by atoms with Gasteiger partial charge in [-0.3, -0.25) is 15.4 Å². The Labute approximate surface area is 105 Å². The molecule has 18 heavy (non-hydrogen) atoms. The number of amides is 1. The summed E-state index contributed by atoms with van der Waals surface area (Å²) in [5.74, 6) is 0. The summed E-state index contributed by atoms with van der Waals surface area (Å²) in [5.41, 5.74) is -0.0330. The van der Waals surface area contributed by atoms with Gasteiger partial charge >= 0.3 is 6.09 Å². The summed E-state index contributed by atoms with van der Waals surface area (Å²) in [6, 6.07) is 4.58. The zero-order valence-electron chi connectivity index (χ0n) is 10.8. The maximum absolute atomic E-state index is 11.6. The number of nitro groups is 1. The third kappa shape index (κ3) is 3.73. The summed E-state index contributed by atoms with van der Waals surface area (Å²) in [6.07, 6.45) is -0.708. The van der Waals surface area contributed by atoms with Crippen molar-refractivity contribution in [2.45, 2.75) is 33.3 Å². The van der Waals surface area contributed by atoms with Crippen molar-refractivity contribution in [3.8, 4) is 0 Å². The molecule has 0 heterocycles. The molecule has 0 aliphatic carbocycles. The molecule has 1 aromatic rings. The number of aryl methyl sites for hydroxylation is 1. The van der Waals surface area contributed by atoms with Crippen molar-refractivity contribution in [3.63, 3.8) is 0 Å². The molecule has 0 saturated heterocycles. The molecule has 0 aliphatic rings. The van der Waals surface area contributed by atoms with Gasteiger partial charge in [0.25, 0.3) is 5.69 Å². The van der Waals surface area contributed by atoms with Crippen molar-refractivity contribution < 1.29 is 14.5 Å². The average Bonchev–Trinajstić information content (AvgIpc) is 2.17. The minimum absolute atomic E-state index is 0.152. The van der Waals surface area contributed by atoms with E-state index in [0.717, 1.165) is 0 Å². The zero-order valence-corrected chi connectivity index (χ0v) is 10.8. The lowest BCUT2D eigenvalue weighted by atomic mass is 10.1. The number of nitrogens with one attached hydrogen (secondary N) is 1. The lowest BCUT2D eigenvalue weighted by Gasteiger charge is -2.20. The van der Waals surface area contributed by atoms with Crippen LogP contribution in [-0.2, 0) is 4.74 Å². The Bertz CT molecular complexity index is 477. The van der Waals surface area contributed by atoms with Gasteiger partial charge < -0.3 is 4.74 Å². The third-order valence-corrected chi connectivity index (χ3v) is 2.07. The van der Waals surface area contributed by atoms with Crippen molar-refractivity contribution in [3.05, 3.63) is 33.9 Å². The maximum atomic E-state index is 11.6. The standard InChI is InChI=1S/C12H16N2O4/c1-8-6-5-7-9(14(16)17)10(8)13-11(15)18-12(2,3)4/h5-7H,1-4H3,(H,13,15). The van der Waals surface area contributed by atoms with Gasteiger partial charge in [-0.25, -0.2) is 4.79 Å².